The van der Waals surface area contributed by atoms with Crippen molar-refractivity contribution in [1.29, 1.82) is 0 Å². The first-order valence-corrected chi connectivity index (χ1v) is 10.9. The molecule has 0 radical (unpaired) electrons. The Hall–Kier alpha value is -1.89. The zero-order valence-corrected chi connectivity index (χ0v) is 17.7. The minimum atomic E-state index is 0.0458. The number of aromatic nitrogens is 2. The lowest BCUT2D eigenvalue weighted by Gasteiger charge is -2.32. The van der Waals surface area contributed by atoms with Crippen LogP contribution in [0.25, 0.3) is 0 Å². The molecule has 3 heterocycles. The second kappa shape index (κ2) is 9.28. The molecule has 2 aliphatic rings. The van der Waals surface area contributed by atoms with Crippen LogP contribution in [0.2, 0.25) is 5.02 Å². The van der Waals surface area contributed by atoms with E-state index in [0.717, 1.165) is 63.3 Å². The molecule has 6 nitrogen and oxygen atoms in total. The van der Waals surface area contributed by atoms with Crippen LogP contribution >= 0.6 is 11.6 Å². The Morgan fingerprint density at radius 3 is 2.86 bits per heavy atom. The number of aryl methyl sites for hydroxylation is 1. The van der Waals surface area contributed by atoms with Gasteiger partial charge in [0.2, 0.25) is 5.91 Å². The molecule has 1 fully saturated rings. The van der Waals surface area contributed by atoms with Gasteiger partial charge in [-0.05, 0) is 31.4 Å². The number of hydrogen-bond donors (Lipinski definition) is 1. The number of piperidine rings is 1. The number of rotatable bonds is 6. The molecule has 2 aliphatic heterocycles. The van der Waals surface area contributed by atoms with Crippen molar-refractivity contribution in [1.82, 2.24) is 20.0 Å². The van der Waals surface area contributed by atoms with Crippen molar-refractivity contribution in [3.63, 3.8) is 0 Å². The number of benzene rings is 1. The van der Waals surface area contributed by atoms with E-state index in [1.165, 1.54) is 11.3 Å². The monoisotopic (exact) mass is 416 g/mol. The van der Waals surface area contributed by atoms with E-state index in [-0.39, 0.29) is 11.9 Å². The van der Waals surface area contributed by atoms with Gasteiger partial charge in [0.15, 0.2) is 0 Å². The summed E-state index contributed by atoms with van der Waals surface area (Å²) in [5.41, 5.74) is 4.66. The molecule has 0 bridgehead atoms. The number of ether oxygens (including phenoxy) is 1. The van der Waals surface area contributed by atoms with Gasteiger partial charge in [0, 0.05) is 54.9 Å². The van der Waals surface area contributed by atoms with E-state index in [0.29, 0.717) is 18.1 Å². The molecule has 0 unspecified atom stereocenters. The SMILES string of the molecule is CCn1nc(CN2CCC(NC(=O)Cc3ccccc3Cl)CC2)c2c1CCOC2. The number of carbonyl (C=O) groups is 1. The Kier molecular flexibility index (Phi) is 6.53. The molecule has 2 aromatic rings. The molecular formula is C22H29ClN4O2. The normalized spacial score (nSPS) is 17.9. The third-order valence-electron chi connectivity index (χ3n) is 5.91. The Bertz CT molecular complexity index is 858. The largest absolute Gasteiger partial charge is 0.376 e. The minimum Gasteiger partial charge on any atom is -0.376 e. The van der Waals surface area contributed by atoms with Crippen molar-refractivity contribution in [2.45, 2.75) is 58.3 Å². The molecule has 156 valence electrons. The standard InChI is InChI=1S/C22H29ClN4O2/c1-2-27-21-9-12-29-15-18(21)20(25-27)14-26-10-7-17(8-11-26)24-22(28)13-16-5-3-4-6-19(16)23/h3-6,17H,2,7-15H2,1H3,(H,24,28). The highest BCUT2D eigenvalue weighted by molar-refractivity contribution is 6.31. The van der Waals surface area contributed by atoms with Crippen molar-refractivity contribution < 1.29 is 9.53 Å². The molecule has 1 aromatic heterocycles. The predicted molar refractivity (Wildman–Crippen MR) is 113 cm³/mol. The number of halogens is 1. The fourth-order valence-corrected chi connectivity index (χ4v) is 4.51. The highest BCUT2D eigenvalue weighted by Crippen LogP contribution is 2.23. The smallest absolute Gasteiger partial charge is 0.224 e. The highest BCUT2D eigenvalue weighted by Gasteiger charge is 2.25. The van der Waals surface area contributed by atoms with Crippen LogP contribution in [0.5, 0.6) is 0 Å². The first kappa shape index (κ1) is 20.4. The average molecular weight is 417 g/mol. The lowest BCUT2D eigenvalue weighted by molar-refractivity contribution is -0.121. The van der Waals surface area contributed by atoms with Crippen LogP contribution in [-0.2, 0) is 42.1 Å². The molecule has 0 atom stereocenters. The number of fused-ring (bicyclic) bond motifs is 1. The Labute approximate surface area is 177 Å². The van der Waals surface area contributed by atoms with Gasteiger partial charge in [0.25, 0.3) is 0 Å². The summed E-state index contributed by atoms with van der Waals surface area (Å²) >= 11 is 6.17. The van der Waals surface area contributed by atoms with Crippen LogP contribution in [0.1, 0.15) is 42.3 Å². The zero-order chi connectivity index (χ0) is 20.2. The Morgan fingerprint density at radius 2 is 2.10 bits per heavy atom. The fourth-order valence-electron chi connectivity index (χ4n) is 4.31. The summed E-state index contributed by atoms with van der Waals surface area (Å²) in [6.45, 7) is 7.30. The number of nitrogens with zero attached hydrogens (tertiary/aromatic N) is 3. The lowest BCUT2D eigenvalue weighted by Crippen LogP contribution is -2.44. The van der Waals surface area contributed by atoms with Crippen LogP contribution in [0.4, 0.5) is 0 Å². The number of hydrogen-bond acceptors (Lipinski definition) is 4. The van der Waals surface area contributed by atoms with Gasteiger partial charge in [-0.1, -0.05) is 29.8 Å². The third kappa shape index (κ3) is 4.82. The van der Waals surface area contributed by atoms with Crippen LogP contribution in [0.3, 0.4) is 0 Å². The van der Waals surface area contributed by atoms with E-state index >= 15 is 0 Å². The summed E-state index contributed by atoms with van der Waals surface area (Å²) in [7, 11) is 0. The number of likely N-dealkylation sites (tertiary alicyclic amines) is 1. The highest BCUT2D eigenvalue weighted by atomic mass is 35.5. The van der Waals surface area contributed by atoms with Gasteiger partial charge in [0.1, 0.15) is 0 Å². The number of carbonyl (C=O) groups excluding carboxylic acids is 1. The summed E-state index contributed by atoms with van der Waals surface area (Å²) in [5, 5.41) is 8.67. The van der Waals surface area contributed by atoms with Crippen LogP contribution in [0.15, 0.2) is 24.3 Å². The van der Waals surface area contributed by atoms with Gasteiger partial charge in [0.05, 0.1) is 25.3 Å². The van der Waals surface area contributed by atoms with Crippen LogP contribution in [-0.4, -0.2) is 46.3 Å². The molecule has 0 aliphatic carbocycles. The molecule has 0 spiro atoms. The van der Waals surface area contributed by atoms with E-state index in [2.05, 4.69) is 21.8 Å². The summed E-state index contributed by atoms with van der Waals surface area (Å²) in [6.07, 6.45) is 3.21. The topological polar surface area (TPSA) is 59.4 Å². The van der Waals surface area contributed by atoms with E-state index in [1.54, 1.807) is 0 Å². The van der Waals surface area contributed by atoms with Crippen molar-refractivity contribution in [3.05, 3.63) is 51.8 Å². The average Bonchev–Trinajstić information content (AvgIpc) is 3.09. The van der Waals surface area contributed by atoms with E-state index < -0.39 is 0 Å². The fraction of sp³-hybridized carbons (Fsp3) is 0.545. The van der Waals surface area contributed by atoms with Gasteiger partial charge in [-0.15, -0.1) is 0 Å². The van der Waals surface area contributed by atoms with E-state index in [9.17, 15) is 4.79 Å². The third-order valence-corrected chi connectivity index (χ3v) is 6.28. The Morgan fingerprint density at radius 1 is 1.31 bits per heavy atom. The first-order chi connectivity index (χ1) is 14.1. The van der Waals surface area contributed by atoms with Crippen molar-refractivity contribution >= 4 is 17.5 Å². The molecule has 1 N–H and O–H groups in total. The van der Waals surface area contributed by atoms with Gasteiger partial charge in [-0.3, -0.25) is 14.4 Å². The van der Waals surface area contributed by atoms with Crippen LogP contribution in [0, 0.1) is 0 Å². The molecule has 1 saturated heterocycles. The Balaban J connectivity index is 1.28. The molecule has 4 rings (SSSR count). The van der Waals surface area contributed by atoms with Crippen molar-refractivity contribution in [2.24, 2.45) is 0 Å². The van der Waals surface area contributed by atoms with Crippen molar-refractivity contribution in [3.8, 4) is 0 Å². The summed E-state index contributed by atoms with van der Waals surface area (Å²) in [5.74, 6) is 0.0458. The summed E-state index contributed by atoms with van der Waals surface area (Å²) in [4.78, 5) is 14.8. The second-order valence-corrected chi connectivity index (χ2v) is 8.28. The van der Waals surface area contributed by atoms with Gasteiger partial charge in [-0.2, -0.15) is 5.10 Å². The molecular weight excluding hydrogens is 388 g/mol. The molecule has 29 heavy (non-hydrogen) atoms. The number of nitrogens with one attached hydrogen (secondary N) is 1. The predicted octanol–water partition coefficient (Wildman–Crippen LogP) is 2.95. The maximum Gasteiger partial charge on any atom is 0.224 e. The molecule has 1 amide bonds. The van der Waals surface area contributed by atoms with Gasteiger partial charge < -0.3 is 10.1 Å². The zero-order valence-electron chi connectivity index (χ0n) is 17.0. The summed E-state index contributed by atoms with van der Waals surface area (Å²) < 4.78 is 7.81. The van der Waals surface area contributed by atoms with Gasteiger partial charge in [-0.25, -0.2) is 0 Å². The molecule has 1 aromatic carbocycles. The summed E-state index contributed by atoms with van der Waals surface area (Å²) in [6, 6.07) is 7.76. The number of amides is 1. The molecule has 7 heteroatoms. The van der Waals surface area contributed by atoms with Crippen LogP contribution < -0.4 is 5.32 Å². The van der Waals surface area contributed by atoms with E-state index in [1.807, 2.05) is 24.3 Å². The minimum absolute atomic E-state index is 0.0458. The second-order valence-electron chi connectivity index (χ2n) is 7.88. The van der Waals surface area contributed by atoms with Crippen molar-refractivity contribution in [2.75, 3.05) is 19.7 Å². The quantitative estimate of drug-likeness (QED) is 0.786. The van der Waals surface area contributed by atoms with Gasteiger partial charge >= 0.3 is 0 Å². The maximum atomic E-state index is 12.4. The maximum absolute atomic E-state index is 12.4. The molecule has 0 saturated carbocycles. The van der Waals surface area contributed by atoms with E-state index in [4.69, 9.17) is 21.4 Å². The lowest BCUT2D eigenvalue weighted by atomic mass is 10.0. The first-order valence-electron chi connectivity index (χ1n) is 10.5.